The molecular weight excluding hydrogens is 421 g/mol. The van der Waals surface area contributed by atoms with Crippen LogP contribution in [-0.4, -0.2) is 41.5 Å². The van der Waals surface area contributed by atoms with Crippen LogP contribution in [0.4, 0.5) is 4.39 Å². The molecule has 31 heavy (non-hydrogen) atoms. The topological polar surface area (TPSA) is 114 Å². The molecule has 0 spiro atoms. The van der Waals surface area contributed by atoms with Crippen molar-refractivity contribution in [1.82, 2.24) is 4.90 Å². The fourth-order valence-corrected chi connectivity index (χ4v) is 4.44. The zero-order valence-electron chi connectivity index (χ0n) is 17.5. The Morgan fingerprint density at radius 3 is 2.52 bits per heavy atom. The van der Waals surface area contributed by atoms with Crippen molar-refractivity contribution < 1.29 is 23.5 Å². The highest BCUT2D eigenvalue weighted by Gasteiger charge is 2.40. The predicted octanol–water partition coefficient (Wildman–Crippen LogP) is 3.01. The van der Waals surface area contributed by atoms with Crippen LogP contribution in [0.5, 0.6) is 5.75 Å². The third-order valence-electron chi connectivity index (χ3n) is 5.25. The maximum absolute atomic E-state index is 14.1. The monoisotopic (exact) mass is 445 g/mol. The van der Waals surface area contributed by atoms with E-state index in [0.717, 1.165) is 10.9 Å². The molecule has 2 heterocycles. The number of hydrogen-bond donors (Lipinski definition) is 2. The first-order chi connectivity index (χ1) is 14.5. The highest BCUT2D eigenvalue weighted by Crippen LogP contribution is 2.32. The largest absolute Gasteiger partial charge is 0.419 e. The molecule has 0 saturated carbocycles. The molecule has 1 aliphatic heterocycles. The van der Waals surface area contributed by atoms with E-state index in [-0.39, 0.29) is 39.6 Å². The molecule has 7 nitrogen and oxygen atoms in total. The molecule has 1 amide bonds. The maximum atomic E-state index is 14.1. The molecule has 1 saturated heterocycles. The van der Waals surface area contributed by atoms with Crippen molar-refractivity contribution in [3.8, 4) is 5.75 Å². The van der Waals surface area contributed by atoms with Gasteiger partial charge in [-0.3, -0.25) is 15.0 Å². The van der Waals surface area contributed by atoms with Crippen molar-refractivity contribution in [3.05, 3.63) is 51.5 Å². The molecule has 164 valence electrons. The van der Waals surface area contributed by atoms with E-state index >= 15 is 0 Å². The standard InChI is InChI=1S/C22H24FN3O4S/c1-12(27)14-10-26(11-14)21(29)22(2,3)9-15-5-7-18(31-15)20(28)30-17-6-4-13(19(24)25)8-16(17)23/h4-8,14H,9-11H2,1-3H3,(H3,24,25). The molecule has 0 radical (unpaired) electrons. The zero-order valence-corrected chi connectivity index (χ0v) is 18.3. The van der Waals surface area contributed by atoms with Gasteiger partial charge in [-0.15, -0.1) is 11.3 Å². The number of benzene rings is 1. The average molecular weight is 446 g/mol. The van der Waals surface area contributed by atoms with E-state index in [2.05, 4.69) is 0 Å². The Bertz CT molecular complexity index is 1060. The van der Waals surface area contributed by atoms with E-state index in [9.17, 15) is 18.8 Å². The van der Waals surface area contributed by atoms with Gasteiger partial charge in [0.25, 0.3) is 0 Å². The second-order valence-corrected chi connectivity index (χ2v) is 9.46. The Hall–Kier alpha value is -3.07. The Morgan fingerprint density at radius 2 is 1.94 bits per heavy atom. The lowest BCUT2D eigenvalue weighted by Crippen LogP contribution is -2.56. The number of hydrogen-bond acceptors (Lipinski definition) is 6. The molecule has 3 rings (SSSR count). The fraction of sp³-hybridized carbons (Fsp3) is 0.364. The van der Waals surface area contributed by atoms with Gasteiger partial charge in [0.05, 0.1) is 5.92 Å². The fourth-order valence-electron chi connectivity index (χ4n) is 3.32. The molecule has 1 aromatic heterocycles. The summed E-state index contributed by atoms with van der Waals surface area (Å²) in [5.41, 5.74) is 4.82. The highest BCUT2D eigenvalue weighted by atomic mass is 32.1. The van der Waals surface area contributed by atoms with Crippen LogP contribution in [0.2, 0.25) is 0 Å². The number of ketones is 1. The van der Waals surface area contributed by atoms with Gasteiger partial charge < -0.3 is 15.4 Å². The number of halogens is 1. The summed E-state index contributed by atoms with van der Waals surface area (Å²) >= 11 is 1.19. The molecule has 1 aromatic carbocycles. The van der Waals surface area contributed by atoms with Crippen LogP contribution in [0.25, 0.3) is 0 Å². The molecule has 1 fully saturated rings. The van der Waals surface area contributed by atoms with Gasteiger partial charge in [0.15, 0.2) is 11.6 Å². The van der Waals surface area contributed by atoms with Gasteiger partial charge in [-0.05, 0) is 43.7 Å². The van der Waals surface area contributed by atoms with Crippen LogP contribution < -0.4 is 10.5 Å². The second-order valence-electron chi connectivity index (χ2n) is 8.29. The van der Waals surface area contributed by atoms with Crippen LogP contribution >= 0.6 is 11.3 Å². The first kappa shape index (κ1) is 22.6. The first-order valence-corrected chi connectivity index (χ1v) is 10.5. The summed E-state index contributed by atoms with van der Waals surface area (Å²) in [5.74, 6) is -2.05. The van der Waals surface area contributed by atoms with Crippen molar-refractivity contribution in [2.45, 2.75) is 27.2 Å². The van der Waals surface area contributed by atoms with Gasteiger partial charge in [0.2, 0.25) is 5.91 Å². The molecule has 3 N–H and O–H groups in total. The number of rotatable bonds is 7. The number of amides is 1. The number of likely N-dealkylation sites (tertiary alicyclic amines) is 1. The second kappa shape index (κ2) is 8.58. The predicted molar refractivity (Wildman–Crippen MR) is 115 cm³/mol. The van der Waals surface area contributed by atoms with Crippen LogP contribution in [-0.2, 0) is 16.0 Å². The summed E-state index contributed by atoms with van der Waals surface area (Å²) in [4.78, 5) is 39.4. The minimum absolute atomic E-state index is 0.0323. The van der Waals surface area contributed by atoms with Crippen molar-refractivity contribution >= 4 is 34.8 Å². The summed E-state index contributed by atoms with van der Waals surface area (Å²) < 4.78 is 19.2. The number of amidine groups is 1. The number of carbonyl (C=O) groups is 3. The summed E-state index contributed by atoms with van der Waals surface area (Å²) in [6.07, 6.45) is 0.423. The lowest BCUT2D eigenvalue weighted by atomic mass is 9.84. The van der Waals surface area contributed by atoms with Crippen molar-refractivity contribution in [1.29, 1.82) is 5.41 Å². The van der Waals surface area contributed by atoms with E-state index in [1.165, 1.54) is 30.4 Å². The number of esters is 1. The van der Waals surface area contributed by atoms with Gasteiger partial charge >= 0.3 is 5.97 Å². The van der Waals surface area contributed by atoms with Crippen molar-refractivity contribution in [3.63, 3.8) is 0 Å². The molecule has 0 atom stereocenters. The normalized spacial score (nSPS) is 14.1. The van der Waals surface area contributed by atoms with Crippen LogP contribution in [0.3, 0.4) is 0 Å². The third-order valence-corrected chi connectivity index (χ3v) is 6.31. The molecule has 0 bridgehead atoms. The Kier molecular flexibility index (Phi) is 6.26. The summed E-state index contributed by atoms with van der Waals surface area (Å²) in [6.45, 7) is 6.11. The number of nitrogens with zero attached hydrogens (tertiary/aromatic N) is 1. The number of ether oxygens (including phenoxy) is 1. The van der Waals surface area contributed by atoms with E-state index in [4.69, 9.17) is 15.9 Å². The number of carbonyl (C=O) groups excluding carboxylic acids is 3. The van der Waals surface area contributed by atoms with Crippen molar-refractivity contribution in [2.75, 3.05) is 13.1 Å². The Morgan fingerprint density at radius 1 is 1.26 bits per heavy atom. The van der Waals surface area contributed by atoms with Gasteiger partial charge in [-0.1, -0.05) is 13.8 Å². The highest BCUT2D eigenvalue weighted by molar-refractivity contribution is 7.14. The number of Topliss-reactive ketones (excluding diaryl/α,β-unsaturated/α-hetero) is 1. The summed E-state index contributed by atoms with van der Waals surface area (Å²) in [7, 11) is 0. The van der Waals surface area contributed by atoms with Crippen LogP contribution in [0, 0.1) is 22.6 Å². The molecule has 1 aliphatic rings. The van der Waals surface area contributed by atoms with Gasteiger partial charge in [0.1, 0.15) is 16.5 Å². The van der Waals surface area contributed by atoms with E-state index in [0.29, 0.717) is 19.5 Å². The van der Waals surface area contributed by atoms with Crippen LogP contribution in [0.15, 0.2) is 30.3 Å². The first-order valence-electron chi connectivity index (χ1n) is 9.72. The lowest BCUT2D eigenvalue weighted by molar-refractivity contribution is -0.149. The van der Waals surface area contributed by atoms with E-state index in [1.807, 2.05) is 13.8 Å². The van der Waals surface area contributed by atoms with Crippen molar-refractivity contribution in [2.24, 2.45) is 17.1 Å². The molecule has 2 aromatic rings. The molecule has 0 aliphatic carbocycles. The SMILES string of the molecule is CC(=O)C1CN(C(=O)C(C)(C)Cc2ccc(C(=O)Oc3ccc(C(=N)N)cc3F)s2)C1. The minimum atomic E-state index is -0.789. The zero-order chi connectivity index (χ0) is 22.9. The minimum Gasteiger partial charge on any atom is -0.419 e. The van der Waals surface area contributed by atoms with Crippen LogP contribution in [0.1, 0.15) is 40.9 Å². The number of nitrogens with two attached hydrogens (primary N) is 1. The maximum Gasteiger partial charge on any atom is 0.353 e. The van der Waals surface area contributed by atoms with E-state index < -0.39 is 17.2 Å². The number of nitrogens with one attached hydrogen (secondary N) is 1. The lowest BCUT2D eigenvalue weighted by Gasteiger charge is -2.42. The van der Waals surface area contributed by atoms with Gasteiger partial charge in [-0.25, -0.2) is 9.18 Å². The number of nitrogen functional groups attached to an aromatic ring is 1. The molecule has 0 unspecified atom stereocenters. The quantitative estimate of drug-likeness (QED) is 0.294. The summed E-state index contributed by atoms with van der Waals surface area (Å²) in [6, 6.07) is 7.02. The third kappa shape index (κ3) is 4.99. The Labute approximate surface area is 183 Å². The smallest absolute Gasteiger partial charge is 0.353 e. The summed E-state index contributed by atoms with van der Waals surface area (Å²) in [5, 5.41) is 7.32. The van der Waals surface area contributed by atoms with Gasteiger partial charge in [-0.2, -0.15) is 0 Å². The molecular formula is C22H24FN3O4S. The average Bonchev–Trinajstić information content (AvgIpc) is 3.09. The number of thiophene rings is 1. The van der Waals surface area contributed by atoms with E-state index in [1.54, 1.807) is 17.0 Å². The van der Waals surface area contributed by atoms with Gasteiger partial charge in [0, 0.05) is 28.9 Å². The molecule has 9 heteroatoms. The Balaban J connectivity index is 1.63.